The van der Waals surface area contributed by atoms with E-state index in [0.29, 0.717) is 22.8 Å². The summed E-state index contributed by atoms with van der Waals surface area (Å²) in [5, 5.41) is 0.597. The number of halogens is 1. The molecule has 8 heteroatoms. The van der Waals surface area contributed by atoms with Crippen LogP contribution in [0.5, 0.6) is 0 Å². The number of nitrogens with zero attached hydrogens (tertiary/aromatic N) is 2. The van der Waals surface area contributed by atoms with Gasteiger partial charge in [0.1, 0.15) is 0 Å². The number of esters is 1. The average Bonchev–Trinajstić information content (AvgIpc) is 2.64. The highest BCUT2D eigenvalue weighted by molar-refractivity contribution is 6.30. The van der Waals surface area contributed by atoms with Crippen molar-refractivity contribution in [3.8, 4) is 11.3 Å². The maximum atomic E-state index is 12.6. The lowest BCUT2D eigenvalue weighted by molar-refractivity contribution is 0.0528. The van der Waals surface area contributed by atoms with Gasteiger partial charge < -0.3 is 4.74 Å². The summed E-state index contributed by atoms with van der Waals surface area (Å²) in [6.45, 7) is 6.06. The standard InChI is InChI=1S/C20H20ClN3O4/c1-4-28-19(26)14-9-15(12-5-7-13(21)8-6-12)22-17-16(14)18(25)23-20(27)24(17)10-11(2)3/h5-9,11H,4,10H2,1-3H3,(H,23,25,27). The van der Waals surface area contributed by atoms with E-state index in [9.17, 15) is 14.4 Å². The van der Waals surface area contributed by atoms with Crippen LogP contribution in [0.15, 0.2) is 39.9 Å². The van der Waals surface area contributed by atoms with Crippen LogP contribution in [0.2, 0.25) is 5.02 Å². The predicted octanol–water partition coefficient (Wildman–Crippen LogP) is 3.24. The fourth-order valence-electron chi connectivity index (χ4n) is 2.95. The molecule has 0 amide bonds. The Morgan fingerprint density at radius 2 is 1.93 bits per heavy atom. The van der Waals surface area contributed by atoms with Crippen LogP contribution in [0.3, 0.4) is 0 Å². The zero-order chi connectivity index (χ0) is 20.4. The second-order valence-corrected chi connectivity index (χ2v) is 7.18. The first-order valence-electron chi connectivity index (χ1n) is 8.92. The number of hydrogen-bond acceptors (Lipinski definition) is 5. The highest BCUT2D eigenvalue weighted by Crippen LogP contribution is 2.25. The number of carbonyl (C=O) groups excluding carboxylic acids is 1. The van der Waals surface area contributed by atoms with Crippen LogP contribution in [0.4, 0.5) is 0 Å². The van der Waals surface area contributed by atoms with Crippen LogP contribution < -0.4 is 11.2 Å². The van der Waals surface area contributed by atoms with Crippen molar-refractivity contribution in [2.75, 3.05) is 6.61 Å². The second-order valence-electron chi connectivity index (χ2n) is 6.74. The molecule has 3 aromatic rings. The Labute approximate surface area is 165 Å². The van der Waals surface area contributed by atoms with Gasteiger partial charge in [0.25, 0.3) is 5.56 Å². The zero-order valence-electron chi connectivity index (χ0n) is 15.8. The van der Waals surface area contributed by atoms with E-state index in [4.69, 9.17) is 16.3 Å². The van der Waals surface area contributed by atoms with Crippen LogP contribution in [0.25, 0.3) is 22.3 Å². The third-order valence-corrected chi connectivity index (χ3v) is 4.38. The van der Waals surface area contributed by atoms with Gasteiger partial charge in [-0.1, -0.05) is 37.6 Å². The number of fused-ring (bicyclic) bond motifs is 1. The van der Waals surface area contributed by atoms with Crippen molar-refractivity contribution < 1.29 is 9.53 Å². The fraction of sp³-hybridized carbons (Fsp3) is 0.300. The Balaban J connectivity index is 2.40. The van der Waals surface area contributed by atoms with Crippen molar-refractivity contribution in [3.05, 3.63) is 61.8 Å². The molecule has 0 bridgehead atoms. The maximum Gasteiger partial charge on any atom is 0.339 e. The second kappa shape index (κ2) is 7.98. The summed E-state index contributed by atoms with van der Waals surface area (Å²) in [6, 6.07) is 8.41. The monoisotopic (exact) mass is 401 g/mol. The quantitative estimate of drug-likeness (QED) is 0.662. The zero-order valence-corrected chi connectivity index (χ0v) is 16.5. The van der Waals surface area contributed by atoms with Crippen molar-refractivity contribution in [1.29, 1.82) is 0 Å². The lowest BCUT2D eigenvalue weighted by atomic mass is 10.1. The Morgan fingerprint density at radius 3 is 2.54 bits per heavy atom. The summed E-state index contributed by atoms with van der Waals surface area (Å²) in [5.41, 5.74) is 0.115. The first-order valence-corrected chi connectivity index (χ1v) is 9.30. The van der Waals surface area contributed by atoms with Crippen molar-refractivity contribution >= 4 is 28.6 Å². The van der Waals surface area contributed by atoms with Gasteiger partial charge in [-0.05, 0) is 31.0 Å². The van der Waals surface area contributed by atoms with Crippen molar-refractivity contribution in [3.63, 3.8) is 0 Å². The third-order valence-electron chi connectivity index (χ3n) is 4.13. The Morgan fingerprint density at radius 1 is 1.25 bits per heavy atom. The van der Waals surface area contributed by atoms with Crippen molar-refractivity contribution in [2.24, 2.45) is 5.92 Å². The Bertz CT molecular complexity index is 1150. The number of carbonyl (C=O) groups is 1. The highest BCUT2D eigenvalue weighted by Gasteiger charge is 2.21. The van der Waals surface area contributed by atoms with Gasteiger partial charge in [0.15, 0.2) is 5.65 Å². The molecule has 1 aromatic carbocycles. The first kappa shape index (κ1) is 19.8. The highest BCUT2D eigenvalue weighted by atomic mass is 35.5. The number of rotatable bonds is 5. The minimum Gasteiger partial charge on any atom is -0.462 e. The maximum absolute atomic E-state index is 12.6. The molecule has 1 N–H and O–H groups in total. The molecule has 2 aromatic heterocycles. The molecule has 0 aliphatic rings. The summed E-state index contributed by atoms with van der Waals surface area (Å²) in [5.74, 6) is -0.524. The van der Waals surface area contributed by atoms with Crippen molar-refractivity contribution in [2.45, 2.75) is 27.3 Å². The molecule has 0 atom stereocenters. The lowest BCUT2D eigenvalue weighted by Gasteiger charge is -2.14. The molecule has 0 fully saturated rings. The van der Waals surface area contributed by atoms with Crippen LogP contribution in [0.1, 0.15) is 31.1 Å². The molecule has 0 spiro atoms. The average molecular weight is 402 g/mol. The van der Waals surface area contributed by atoms with E-state index in [1.165, 1.54) is 10.6 Å². The lowest BCUT2D eigenvalue weighted by Crippen LogP contribution is -2.33. The summed E-state index contributed by atoms with van der Waals surface area (Å²) >= 11 is 5.96. The Kier molecular flexibility index (Phi) is 5.65. The van der Waals surface area contributed by atoms with Gasteiger partial charge in [-0.3, -0.25) is 14.3 Å². The van der Waals surface area contributed by atoms with E-state index < -0.39 is 17.2 Å². The molecule has 2 heterocycles. The molecule has 7 nitrogen and oxygen atoms in total. The third kappa shape index (κ3) is 3.84. The SMILES string of the molecule is CCOC(=O)c1cc(-c2ccc(Cl)cc2)nc2c1c(=O)[nH]c(=O)n2CC(C)C. The van der Waals surface area contributed by atoms with E-state index in [1.807, 2.05) is 13.8 Å². The summed E-state index contributed by atoms with van der Waals surface area (Å²) in [6.07, 6.45) is 0. The molecule has 0 aliphatic heterocycles. The van der Waals surface area contributed by atoms with Gasteiger partial charge in [0, 0.05) is 17.1 Å². The van der Waals surface area contributed by atoms with Gasteiger partial charge in [-0.25, -0.2) is 14.6 Å². The van der Waals surface area contributed by atoms with Gasteiger partial charge in [-0.2, -0.15) is 0 Å². The first-order chi connectivity index (χ1) is 13.3. The largest absolute Gasteiger partial charge is 0.462 e. The Hall–Kier alpha value is -2.93. The van der Waals surface area contributed by atoms with E-state index in [2.05, 4.69) is 9.97 Å². The van der Waals surface area contributed by atoms with Crippen LogP contribution >= 0.6 is 11.6 Å². The molecule has 3 rings (SSSR count). The predicted molar refractivity (Wildman–Crippen MR) is 108 cm³/mol. The number of nitrogens with one attached hydrogen (secondary N) is 1. The van der Waals surface area contributed by atoms with Gasteiger partial charge >= 0.3 is 11.7 Å². The topological polar surface area (TPSA) is 94.1 Å². The molecule has 0 saturated carbocycles. The summed E-state index contributed by atoms with van der Waals surface area (Å²) < 4.78 is 6.50. The molecular weight excluding hydrogens is 382 g/mol. The number of pyridine rings is 1. The van der Waals surface area contributed by atoms with Gasteiger partial charge in [0.05, 0.1) is 23.3 Å². The molecular formula is C20H20ClN3O4. The number of benzene rings is 1. The van der Waals surface area contributed by atoms with E-state index in [-0.39, 0.29) is 29.1 Å². The van der Waals surface area contributed by atoms with E-state index >= 15 is 0 Å². The normalized spacial score (nSPS) is 11.2. The summed E-state index contributed by atoms with van der Waals surface area (Å²) in [4.78, 5) is 44.3. The number of aromatic amines is 1. The van der Waals surface area contributed by atoms with Crippen LogP contribution in [-0.2, 0) is 11.3 Å². The van der Waals surface area contributed by atoms with Gasteiger partial charge in [-0.15, -0.1) is 0 Å². The van der Waals surface area contributed by atoms with E-state index in [0.717, 1.165) is 0 Å². The molecule has 28 heavy (non-hydrogen) atoms. The van der Waals surface area contributed by atoms with Crippen LogP contribution in [0, 0.1) is 5.92 Å². The van der Waals surface area contributed by atoms with Gasteiger partial charge in [0.2, 0.25) is 0 Å². The summed E-state index contributed by atoms with van der Waals surface area (Å²) in [7, 11) is 0. The molecule has 0 saturated heterocycles. The molecule has 0 aliphatic carbocycles. The minimum absolute atomic E-state index is 0.0383. The molecule has 0 radical (unpaired) electrons. The number of ether oxygens (including phenoxy) is 1. The molecule has 146 valence electrons. The number of aromatic nitrogens is 3. The van der Waals surface area contributed by atoms with E-state index in [1.54, 1.807) is 31.2 Å². The number of hydrogen-bond donors (Lipinski definition) is 1. The minimum atomic E-state index is -0.668. The van der Waals surface area contributed by atoms with Crippen molar-refractivity contribution in [1.82, 2.24) is 14.5 Å². The van der Waals surface area contributed by atoms with Crippen LogP contribution in [-0.4, -0.2) is 27.1 Å². The smallest absolute Gasteiger partial charge is 0.339 e. The number of H-pyrrole nitrogens is 1. The fourth-order valence-corrected chi connectivity index (χ4v) is 3.07. The molecule has 0 unspecified atom stereocenters.